The van der Waals surface area contributed by atoms with Gasteiger partial charge in [-0.3, -0.25) is 5.10 Å². The third kappa shape index (κ3) is 3.28. The lowest BCUT2D eigenvalue weighted by Crippen LogP contribution is -2.41. The first-order valence-corrected chi connectivity index (χ1v) is 8.67. The van der Waals surface area contributed by atoms with Crippen LogP contribution in [0.4, 0.5) is 0 Å². The predicted molar refractivity (Wildman–Crippen MR) is 81.6 cm³/mol. The highest BCUT2D eigenvalue weighted by molar-refractivity contribution is 7.89. The number of hydrogen-bond donors (Lipinski definition) is 2. The molecule has 0 bridgehead atoms. The van der Waals surface area contributed by atoms with Crippen LogP contribution in [0.1, 0.15) is 24.2 Å². The van der Waals surface area contributed by atoms with Gasteiger partial charge in [-0.05, 0) is 40.9 Å². The summed E-state index contributed by atoms with van der Waals surface area (Å²) in [6.07, 6.45) is 1.83. The summed E-state index contributed by atoms with van der Waals surface area (Å²) in [5.74, 6) is 0. The Morgan fingerprint density at radius 2 is 2.19 bits per heavy atom. The van der Waals surface area contributed by atoms with E-state index in [9.17, 15) is 8.42 Å². The van der Waals surface area contributed by atoms with Gasteiger partial charge in [-0.25, -0.2) is 8.42 Å². The Balaban J connectivity index is 2.35. The van der Waals surface area contributed by atoms with Crippen LogP contribution in [0.3, 0.4) is 0 Å². The molecule has 8 heteroatoms. The number of aryl methyl sites for hydroxylation is 1. The van der Waals surface area contributed by atoms with E-state index in [1.165, 1.54) is 0 Å². The fourth-order valence-electron chi connectivity index (χ4n) is 2.95. The van der Waals surface area contributed by atoms with E-state index in [2.05, 4.69) is 15.5 Å². The van der Waals surface area contributed by atoms with Gasteiger partial charge in [0.05, 0.1) is 11.4 Å². The van der Waals surface area contributed by atoms with Gasteiger partial charge in [0.1, 0.15) is 4.90 Å². The lowest BCUT2D eigenvalue weighted by atomic mass is 10.2. The van der Waals surface area contributed by atoms with Crippen molar-refractivity contribution in [1.82, 2.24) is 24.7 Å². The molecule has 0 spiro atoms. The molecule has 1 aliphatic rings. The number of likely N-dealkylation sites (N-methyl/N-ethyl adjacent to an activating group) is 1. The van der Waals surface area contributed by atoms with Crippen LogP contribution >= 0.6 is 0 Å². The van der Waals surface area contributed by atoms with Gasteiger partial charge < -0.3 is 10.2 Å². The lowest BCUT2D eigenvalue weighted by molar-refractivity contribution is 0.291. The third-order valence-corrected chi connectivity index (χ3v) is 5.93. The van der Waals surface area contributed by atoms with Crippen LogP contribution in [0.5, 0.6) is 0 Å². The first-order valence-electron chi connectivity index (χ1n) is 7.23. The third-order valence-electron chi connectivity index (χ3n) is 3.77. The molecular weight excluding hydrogens is 290 g/mol. The lowest BCUT2D eigenvalue weighted by Gasteiger charge is -2.26. The molecule has 2 rings (SSSR count). The van der Waals surface area contributed by atoms with Crippen molar-refractivity contribution in [2.75, 3.05) is 34.2 Å². The molecule has 0 saturated carbocycles. The minimum atomic E-state index is -3.50. The molecule has 21 heavy (non-hydrogen) atoms. The molecule has 1 aromatic rings. The minimum absolute atomic E-state index is 0.0433. The number of aromatic amines is 1. The molecule has 7 nitrogen and oxygen atoms in total. The zero-order chi connectivity index (χ0) is 15.6. The number of rotatable bonds is 6. The molecule has 1 saturated heterocycles. The second kappa shape index (κ2) is 6.43. The average molecular weight is 315 g/mol. The van der Waals surface area contributed by atoms with Crippen molar-refractivity contribution in [2.45, 2.75) is 37.2 Å². The van der Waals surface area contributed by atoms with E-state index < -0.39 is 10.0 Å². The maximum absolute atomic E-state index is 13.0. The Bertz CT molecular complexity index is 581. The van der Waals surface area contributed by atoms with Crippen LogP contribution in [0.2, 0.25) is 0 Å². The van der Waals surface area contributed by atoms with E-state index in [-0.39, 0.29) is 6.04 Å². The molecule has 1 atom stereocenters. The molecule has 1 fully saturated rings. The van der Waals surface area contributed by atoms with Gasteiger partial charge in [0.2, 0.25) is 10.0 Å². The Hall–Kier alpha value is -0.960. The summed E-state index contributed by atoms with van der Waals surface area (Å²) in [6, 6.07) is 0.0433. The summed E-state index contributed by atoms with van der Waals surface area (Å²) in [5, 5.41) is 9.90. The Morgan fingerprint density at radius 1 is 1.48 bits per heavy atom. The van der Waals surface area contributed by atoms with Gasteiger partial charge >= 0.3 is 0 Å². The van der Waals surface area contributed by atoms with Gasteiger partial charge in [0, 0.05) is 25.7 Å². The Kier molecular flexibility index (Phi) is 5.03. The highest BCUT2D eigenvalue weighted by atomic mass is 32.2. The number of nitrogens with one attached hydrogen (secondary N) is 2. The summed E-state index contributed by atoms with van der Waals surface area (Å²) in [7, 11) is 2.22. The van der Waals surface area contributed by atoms with Crippen LogP contribution in [0.25, 0.3) is 0 Å². The molecular formula is C13H25N5O2S. The summed E-state index contributed by atoms with van der Waals surface area (Å²) in [5.41, 5.74) is 1.17. The van der Waals surface area contributed by atoms with Crippen LogP contribution in [-0.4, -0.2) is 68.1 Å². The zero-order valence-electron chi connectivity index (χ0n) is 13.2. The van der Waals surface area contributed by atoms with Crippen molar-refractivity contribution < 1.29 is 8.42 Å². The molecule has 0 amide bonds. The predicted octanol–water partition coefficient (Wildman–Crippen LogP) is 0.152. The largest absolute Gasteiger partial charge is 0.314 e. The molecule has 2 heterocycles. The van der Waals surface area contributed by atoms with Crippen molar-refractivity contribution >= 4 is 10.0 Å². The van der Waals surface area contributed by atoms with E-state index >= 15 is 0 Å². The molecule has 1 aromatic heterocycles. The first-order chi connectivity index (χ1) is 9.87. The van der Waals surface area contributed by atoms with Gasteiger partial charge in [-0.15, -0.1) is 0 Å². The van der Waals surface area contributed by atoms with Gasteiger partial charge in [0.25, 0.3) is 0 Å². The molecule has 1 unspecified atom stereocenters. The molecule has 120 valence electrons. The molecule has 1 aliphatic heterocycles. The first kappa shape index (κ1) is 16.4. The number of sulfonamides is 1. The Labute approximate surface area is 126 Å². The van der Waals surface area contributed by atoms with Crippen molar-refractivity contribution in [3.05, 3.63) is 11.4 Å². The maximum atomic E-state index is 13.0. The highest BCUT2D eigenvalue weighted by Gasteiger charge is 2.38. The maximum Gasteiger partial charge on any atom is 0.247 e. The normalized spacial score (nSPS) is 20.5. The number of H-pyrrole nitrogens is 1. The molecule has 0 radical (unpaired) electrons. The second-order valence-corrected chi connectivity index (χ2v) is 7.66. The van der Waals surface area contributed by atoms with E-state index in [4.69, 9.17) is 0 Å². The van der Waals surface area contributed by atoms with Crippen molar-refractivity contribution in [3.63, 3.8) is 0 Å². The van der Waals surface area contributed by atoms with Gasteiger partial charge in [-0.1, -0.05) is 0 Å². The fraction of sp³-hybridized carbons (Fsp3) is 0.769. The van der Waals surface area contributed by atoms with Crippen molar-refractivity contribution in [3.8, 4) is 0 Å². The number of aromatic nitrogens is 2. The van der Waals surface area contributed by atoms with Crippen LogP contribution in [0.15, 0.2) is 4.90 Å². The second-order valence-electron chi connectivity index (χ2n) is 5.83. The summed E-state index contributed by atoms with van der Waals surface area (Å²) >= 11 is 0. The standard InChI is InChI=1S/C13H25N5O2S/c1-10-13(12(8-14-2)16-15-10)21(19,20)18-7-5-6-11(18)9-17(3)4/h11,14H,5-9H2,1-4H3,(H,15,16). The topological polar surface area (TPSA) is 81.3 Å². The van der Waals surface area contributed by atoms with Crippen molar-refractivity contribution in [1.29, 1.82) is 0 Å². The van der Waals surface area contributed by atoms with Crippen LogP contribution in [-0.2, 0) is 16.6 Å². The summed E-state index contributed by atoms with van der Waals surface area (Å²) < 4.78 is 27.7. The molecule has 0 aliphatic carbocycles. The van der Waals surface area contributed by atoms with Crippen LogP contribution in [0, 0.1) is 6.92 Å². The van der Waals surface area contributed by atoms with Crippen molar-refractivity contribution in [2.24, 2.45) is 0 Å². The zero-order valence-corrected chi connectivity index (χ0v) is 14.0. The van der Waals surface area contributed by atoms with Gasteiger partial charge in [-0.2, -0.15) is 9.40 Å². The van der Waals surface area contributed by atoms with E-state index in [0.29, 0.717) is 29.4 Å². The van der Waals surface area contributed by atoms with Gasteiger partial charge in [0.15, 0.2) is 0 Å². The molecule has 0 aromatic carbocycles. The summed E-state index contributed by atoms with van der Waals surface area (Å²) in [4.78, 5) is 2.37. The minimum Gasteiger partial charge on any atom is -0.314 e. The summed E-state index contributed by atoms with van der Waals surface area (Å²) in [6.45, 7) is 3.53. The fourth-order valence-corrected chi connectivity index (χ4v) is 4.96. The quantitative estimate of drug-likeness (QED) is 0.781. The van der Waals surface area contributed by atoms with E-state index in [0.717, 1.165) is 19.4 Å². The smallest absolute Gasteiger partial charge is 0.247 e. The SMILES string of the molecule is CNCc1n[nH]c(C)c1S(=O)(=O)N1CCCC1CN(C)C. The van der Waals surface area contributed by atoms with E-state index in [1.54, 1.807) is 18.3 Å². The average Bonchev–Trinajstić information content (AvgIpc) is 2.97. The van der Waals surface area contributed by atoms with E-state index in [1.807, 2.05) is 19.0 Å². The highest BCUT2D eigenvalue weighted by Crippen LogP contribution is 2.29. The number of hydrogen-bond acceptors (Lipinski definition) is 5. The van der Waals surface area contributed by atoms with Crippen LogP contribution < -0.4 is 5.32 Å². The Morgan fingerprint density at radius 3 is 2.81 bits per heavy atom. The molecule has 2 N–H and O–H groups in total. The monoisotopic (exact) mass is 315 g/mol. The number of nitrogens with zero attached hydrogens (tertiary/aromatic N) is 3.